The SMILES string of the molecule is Cl.O=C(CCCSc1ccc(Br)cc1)NCCC1CCCNC1. The zero-order valence-corrected chi connectivity index (χ0v) is 16.6. The van der Waals surface area contributed by atoms with Crippen LogP contribution in [0.1, 0.15) is 32.1 Å². The van der Waals surface area contributed by atoms with Crippen LogP contribution in [0.2, 0.25) is 0 Å². The Morgan fingerprint density at radius 3 is 2.83 bits per heavy atom. The molecule has 23 heavy (non-hydrogen) atoms. The Kier molecular flexibility index (Phi) is 11.0. The molecule has 1 heterocycles. The fourth-order valence-electron chi connectivity index (χ4n) is 2.63. The highest BCUT2D eigenvalue weighted by Gasteiger charge is 2.12. The van der Waals surface area contributed by atoms with E-state index in [1.54, 1.807) is 0 Å². The molecule has 0 radical (unpaired) electrons. The van der Waals surface area contributed by atoms with Crippen molar-refractivity contribution in [3.05, 3.63) is 28.7 Å². The summed E-state index contributed by atoms with van der Waals surface area (Å²) in [6.45, 7) is 3.09. The number of piperidine rings is 1. The molecule has 130 valence electrons. The van der Waals surface area contributed by atoms with Crippen molar-refractivity contribution in [1.82, 2.24) is 10.6 Å². The predicted molar refractivity (Wildman–Crippen MR) is 105 cm³/mol. The Labute approximate surface area is 158 Å². The highest BCUT2D eigenvalue weighted by molar-refractivity contribution is 9.10. The van der Waals surface area contributed by atoms with Gasteiger partial charge in [-0.3, -0.25) is 4.79 Å². The molecule has 1 amide bonds. The second-order valence-corrected chi connectivity index (χ2v) is 7.84. The summed E-state index contributed by atoms with van der Waals surface area (Å²) in [4.78, 5) is 13.1. The molecule has 0 saturated carbocycles. The zero-order chi connectivity index (χ0) is 15.6. The molecule has 0 spiro atoms. The van der Waals surface area contributed by atoms with E-state index in [2.05, 4.69) is 50.8 Å². The van der Waals surface area contributed by atoms with E-state index >= 15 is 0 Å². The number of thioether (sulfide) groups is 1. The number of halogens is 2. The minimum atomic E-state index is 0. The van der Waals surface area contributed by atoms with Crippen molar-refractivity contribution in [2.45, 2.75) is 37.0 Å². The van der Waals surface area contributed by atoms with Crippen molar-refractivity contribution in [2.24, 2.45) is 5.92 Å². The molecule has 1 saturated heterocycles. The van der Waals surface area contributed by atoms with E-state index in [9.17, 15) is 4.79 Å². The van der Waals surface area contributed by atoms with Gasteiger partial charge in [0.25, 0.3) is 0 Å². The molecular weight excluding hydrogens is 396 g/mol. The van der Waals surface area contributed by atoms with Crippen molar-refractivity contribution in [2.75, 3.05) is 25.4 Å². The molecule has 1 unspecified atom stereocenters. The van der Waals surface area contributed by atoms with Gasteiger partial charge in [-0.05, 0) is 74.7 Å². The van der Waals surface area contributed by atoms with Gasteiger partial charge >= 0.3 is 0 Å². The van der Waals surface area contributed by atoms with E-state index in [0.29, 0.717) is 6.42 Å². The number of benzene rings is 1. The van der Waals surface area contributed by atoms with Gasteiger partial charge in [-0.25, -0.2) is 0 Å². The Morgan fingerprint density at radius 1 is 1.35 bits per heavy atom. The number of hydrogen-bond acceptors (Lipinski definition) is 3. The van der Waals surface area contributed by atoms with Crippen LogP contribution in [0.25, 0.3) is 0 Å². The molecule has 1 aliphatic rings. The molecule has 6 heteroatoms. The van der Waals surface area contributed by atoms with Gasteiger partial charge in [0.15, 0.2) is 0 Å². The van der Waals surface area contributed by atoms with Gasteiger partial charge < -0.3 is 10.6 Å². The van der Waals surface area contributed by atoms with Crippen molar-refractivity contribution >= 4 is 46.0 Å². The van der Waals surface area contributed by atoms with Crippen LogP contribution in [-0.2, 0) is 4.79 Å². The van der Waals surface area contributed by atoms with Gasteiger partial charge in [-0.15, -0.1) is 24.2 Å². The average Bonchev–Trinajstić information content (AvgIpc) is 2.54. The topological polar surface area (TPSA) is 41.1 Å². The van der Waals surface area contributed by atoms with Crippen molar-refractivity contribution < 1.29 is 4.79 Å². The standard InChI is InChI=1S/C17H25BrN2OS.ClH/c18-15-5-7-16(8-6-15)22-12-2-4-17(21)20-11-9-14-3-1-10-19-13-14;/h5-8,14,19H,1-4,9-13H2,(H,20,21);1H. The second-order valence-electron chi connectivity index (χ2n) is 5.76. The van der Waals surface area contributed by atoms with Crippen LogP contribution in [0.15, 0.2) is 33.6 Å². The summed E-state index contributed by atoms with van der Waals surface area (Å²) in [6, 6.07) is 8.31. The van der Waals surface area contributed by atoms with Crippen LogP contribution in [0.4, 0.5) is 0 Å². The maximum absolute atomic E-state index is 11.8. The normalized spacial score (nSPS) is 17.3. The van der Waals surface area contributed by atoms with Crippen LogP contribution in [0, 0.1) is 5.92 Å². The lowest BCUT2D eigenvalue weighted by Gasteiger charge is -2.22. The van der Waals surface area contributed by atoms with E-state index in [1.165, 1.54) is 17.7 Å². The quantitative estimate of drug-likeness (QED) is 0.487. The maximum Gasteiger partial charge on any atom is 0.220 e. The predicted octanol–water partition coefficient (Wildman–Crippen LogP) is 4.25. The van der Waals surface area contributed by atoms with Crippen molar-refractivity contribution in [3.8, 4) is 0 Å². The third kappa shape index (κ3) is 8.99. The highest BCUT2D eigenvalue weighted by atomic mass is 79.9. The van der Waals surface area contributed by atoms with Crippen molar-refractivity contribution in [1.29, 1.82) is 0 Å². The lowest BCUT2D eigenvalue weighted by Crippen LogP contribution is -2.33. The molecule has 1 atom stereocenters. The zero-order valence-electron chi connectivity index (χ0n) is 13.4. The van der Waals surface area contributed by atoms with E-state index < -0.39 is 0 Å². The molecule has 0 aromatic heterocycles. The summed E-state index contributed by atoms with van der Waals surface area (Å²) in [5.74, 6) is 1.92. The Morgan fingerprint density at radius 2 is 2.13 bits per heavy atom. The molecule has 0 bridgehead atoms. The Hall–Kier alpha value is -0.230. The van der Waals surface area contributed by atoms with E-state index in [0.717, 1.165) is 48.6 Å². The van der Waals surface area contributed by atoms with Crippen LogP contribution >= 0.6 is 40.1 Å². The lowest BCUT2D eigenvalue weighted by atomic mass is 9.96. The first-order valence-corrected chi connectivity index (χ1v) is 9.87. The molecule has 1 fully saturated rings. The average molecular weight is 422 g/mol. The van der Waals surface area contributed by atoms with Crippen LogP contribution in [0.3, 0.4) is 0 Å². The van der Waals surface area contributed by atoms with Gasteiger partial charge in [-0.1, -0.05) is 15.9 Å². The highest BCUT2D eigenvalue weighted by Crippen LogP contribution is 2.21. The number of carbonyl (C=O) groups excluding carboxylic acids is 1. The van der Waals surface area contributed by atoms with Crippen LogP contribution in [0.5, 0.6) is 0 Å². The lowest BCUT2D eigenvalue weighted by molar-refractivity contribution is -0.121. The summed E-state index contributed by atoms with van der Waals surface area (Å²) >= 11 is 5.24. The first kappa shape index (κ1) is 20.8. The fourth-order valence-corrected chi connectivity index (χ4v) is 3.75. The Balaban J connectivity index is 0.00000264. The number of amides is 1. The van der Waals surface area contributed by atoms with Crippen molar-refractivity contribution in [3.63, 3.8) is 0 Å². The molecule has 1 aliphatic heterocycles. The Bertz CT molecular complexity index is 452. The summed E-state index contributed by atoms with van der Waals surface area (Å²) in [6.07, 6.45) is 5.23. The first-order chi connectivity index (χ1) is 10.7. The van der Waals surface area contributed by atoms with E-state index in [1.807, 2.05) is 11.8 Å². The molecular formula is C17H26BrClN2OS. The summed E-state index contributed by atoms with van der Waals surface area (Å²) < 4.78 is 1.10. The van der Waals surface area contributed by atoms with E-state index in [4.69, 9.17) is 0 Å². The molecule has 0 aliphatic carbocycles. The summed E-state index contributed by atoms with van der Waals surface area (Å²) in [5.41, 5.74) is 0. The molecule has 3 nitrogen and oxygen atoms in total. The molecule has 1 aromatic rings. The molecule has 1 aromatic carbocycles. The van der Waals surface area contributed by atoms with Crippen LogP contribution in [-0.4, -0.2) is 31.3 Å². The van der Waals surface area contributed by atoms with Crippen LogP contribution < -0.4 is 10.6 Å². The van der Waals surface area contributed by atoms with E-state index in [-0.39, 0.29) is 18.3 Å². The minimum absolute atomic E-state index is 0. The maximum atomic E-state index is 11.8. The van der Waals surface area contributed by atoms with Gasteiger partial charge in [0, 0.05) is 22.3 Å². The second kappa shape index (κ2) is 12.2. The third-order valence-electron chi connectivity index (χ3n) is 3.90. The number of carbonyl (C=O) groups is 1. The fraction of sp³-hybridized carbons (Fsp3) is 0.588. The molecule has 2 N–H and O–H groups in total. The summed E-state index contributed by atoms with van der Waals surface area (Å²) in [5, 5.41) is 6.47. The largest absolute Gasteiger partial charge is 0.356 e. The van der Waals surface area contributed by atoms with Gasteiger partial charge in [-0.2, -0.15) is 0 Å². The van der Waals surface area contributed by atoms with Gasteiger partial charge in [0.2, 0.25) is 5.91 Å². The molecule has 2 rings (SSSR count). The number of nitrogens with one attached hydrogen (secondary N) is 2. The minimum Gasteiger partial charge on any atom is -0.356 e. The third-order valence-corrected chi connectivity index (χ3v) is 5.53. The summed E-state index contributed by atoms with van der Waals surface area (Å²) in [7, 11) is 0. The van der Waals surface area contributed by atoms with Gasteiger partial charge in [0.05, 0.1) is 0 Å². The number of hydrogen-bond donors (Lipinski definition) is 2. The smallest absolute Gasteiger partial charge is 0.220 e. The van der Waals surface area contributed by atoms with Gasteiger partial charge in [0.1, 0.15) is 0 Å². The first-order valence-electron chi connectivity index (χ1n) is 8.10. The monoisotopic (exact) mass is 420 g/mol. The number of rotatable bonds is 8.